The zero-order chi connectivity index (χ0) is 10.8. The smallest absolute Gasteiger partial charge is 0.0208 e. The fourth-order valence-electron chi connectivity index (χ4n) is 1.79. The van der Waals surface area contributed by atoms with Crippen molar-refractivity contribution in [1.82, 2.24) is 5.32 Å². The number of benzene rings is 1. The molecule has 1 aromatic rings. The van der Waals surface area contributed by atoms with Gasteiger partial charge in [-0.25, -0.2) is 0 Å². The quantitative estimate of drug-likeness (QED) is 0.755. The molecule has 0 heterocycles. The van der Waals surface area contributed by atoms with Crippen molar-refractivity contribution < 1.29 is 0 Å². The Morgan fingerprint density at radius 1 is 1.19 bits per heavy atom. The summed E-state index contributed by atoms with van der Waals surface area (Å²) in [6.07, 6.45) is 5.65. The van der Waals surface area contributed by atoms with Gasteiger partial charge in [-0.1, -0.05) is 12.1 Å². The van der Waals surface area contributed by atoms with E-state index in [2.05, 4.69) is 29.6 Å². The number of rotatable bonds is 6. The van der Waals surface area contributed by atoms with Gasteiger partial charge in [0.25, 0.3) is 0 Å². The maximum Gasteiger partial charge on any atom is 0.0208 e. The topological polar surface area (TPSA) is 12.0 Å². The van der Waals surface area contributed by atoms with Crippen LogP contribution in [0.4, 0.5) is 0 Å². The molecule has 0 bridgehead atoms. The van der Waals surface area contributed by atoms with Crippen molar-refractivity contribution in [2.75, 3.05) is 5.75 Å². The third-order valence-corrected chi connectivity index (χ3v) is 4.48. The van der Waals surface area contributed by atoms with Gasteiger partial charge in [0.15, 0.2) is 0 Å². The second-order valence-corrected chi connectivity index (χ2v) is 6.15. The van der Waals surface area contributed by atoms with Crippen molar-refractivity contribution in [3.05, 3.63) is 29.8 Å². The van der Waals surface area contributed by atoms with Gasteiger partial charge >= 0.3 is 0 Å². The van der Waals surface area contributed by atoms with Gasteiger partial charge in [0.1, 0.15) is 0 Å². The first kappa shape index (κ1) is 10.7. The van der Waals surface area contributed by atoms with Gasteiger partial charge in [0, 0.05) is 23.2 Å². The van der Waals surface area contributed by atoms with Crippen LogP contribution >= 0.6 is 11.8 Å². The Hall–Kier alpha value is -0.470. The van der Waals surface area contributed by atoms with Gasteiger partial charge in [0.05, 0.1) is 0 Å². The molecule has 3 rings (SSSR count). The van der Waals surface area contributed by atoms with Crippen molar-refractivity contribution in [1.29, 1.82) is 0 Å². The van der Waals surface area contributed by atoms with Crippen molar-refractivity contribution in [2.24, 2.45) is 5.92 Å². The molecule has 2 saturated carbocycles. The molecule has 2 aliphatic carbocycles. The Kier molecular flexibility index (Phi) is 3.20. The van der Waals surface area contributed by atoms with E-state index in [1.165, 1.54) is 41.9 Å². The molecule has 0 aliphatic heterocycles. The first-order chi connectivity index (χ1) is 7.90. The summed E-state index contributed by atoms with van der Waals surface area (Å²) in [5, 5.41) is 3.57. The van der Waals surface area contributed by atoms with E-state index < -0.39 is 0 Å². The largest absolute Gasteiger partial charge is 0.310 e. The van der Waals surface area contributed by atoms with Crippen LogP contribution < -0.4 is 5.32 Å². The summed E-state index contributed by atoms with van der Waals surface area (Å²) >= 11 is 2.03. The molecule has 86 valence electrons. The number of nitrogens with one attached hydrogen (secondary N) is 1. The minimum atomic E-state index is 0.808. The number of hydrogen-bond acceptors (Lipinski definition) is 2. The summed E-state index contributed by atoms with van der Waals surface area (Å²) < 4.78 is 0. The van der Waals surface area contributed by atoms with Gasteiger partial charge in [-0.3, -0.25) is 0 Å². The fraction of sp³-hybridized carbons (Fsp3) is 0.571. The highest BCUT2D eigenvalue weighted by Crippen LogP contribution is 2.35. The second kappa shape index (κ2) is 4.80. The molecule has 0 unspecified atom stereocenters. The van der Waals surface area contributed by atoms with Crippen LogP contribution in [0.1, 0.15) is 31.2 Å². The highest BCUT2D eigenvalue weighted by atomic mass is 32.2. The van der Waals surface area contributed by atoms with E-state index >= 15 is 0 Å². The van der Waals surface area contributed by atoms with Gasteiger partial charge < -0.3 is 5.32 Å². The standard InChI is InChI=1S/C14H19NS/c1-2-12(9-15-13-6-7-13)8-14(3-1)16-10-11-4-5-11/h1-3,8,11,13,15H,4-7,9-10H2. The Labute approximate surface area is 102 Å². The molecular formula is C14H19NS. The molecule has 0 aromatic heterocycles. The first-order valence-electron chi connectivity index (χ1n) is 6.35. The van der Waals surface area contributed by atoms with Crippen LogP contribution in [0.3, 0.4) is 0 Å². The Morgan fingerprint density at radius 3 is 2.81 bits per heavy atom. The van der Waals surface area contributed by atoms with E-state index in [1.807, 2.05) is 11.8 Å². The molecule has 16 heavy (non-hydrogen) atoms. The molecule has 0 spiro atoms. The van der Waals surface area contributed by atoms with Crippen molar-refractivity contribution >= 4 is 11.8 Å². The predicted octanol–water partition coefficient (Wildman–Crippen LogP) is 3.44. The van der Waals surface area contributed by atoms with Gasteiger partial charge in [0.2, 0.25) is 0 Å². The molecule has 0 atom stereocenters. The number of thioether (sulfide) groups is 1. The monoisotopic (exact) mass is 233 g/mol. The molecule has 1 N–H and O–H groups in total. The van der Waals surface area contributed by atoms with Crippen molar-refractivity contribution in [2.45, 2.75) is 43.2 Å². The lowest BCUT2D eigenvalue weighted by atomic mass is 10.2. The van der Waals surface area contributed by atoms with Crippen LogP contribution in [-0.2, 0) is 6.54 Å². The van der Waals surface area contributed by atoms with E-state index in [0.717, 1.165) is 18.5 Å². The lowest BCUT2D eigenvalue weighted by Crippen LogP contribution is -2.15. The van der Waals surface area contributed by atoms with Crippen molar-refractivity contribution in [3.63, 3.8) is 0 Å². The van der Waals surface area contributed by atoms with Crippen LogP contribution in [0.5, 0.6) is 0 Å². The van der Waals surface area contributed by atoms with Crippen LogP contribution in [0, 0.1) is 5.92 Å². The van der Waals surface area contributed by atoms with Crippen LogP contribution in [0.15, 0.2) is 29.2 Å². The lowest BCUT2D eigenvalue weighted by Gasteiger charge is -2.05. The minimum Gasteiger partial charge on any atom is -0.310 e. The Balaban J connectivity index is 1.52. The van der Waals surface area contributed by atoms with Crippen LogP contribution in [0.2, 0.25) is 0 Å². The first-order valence-corrected chi connectivity index (χ1v) is 7.34. The van der Waals surface area contributed by atoms with E-state index in [0.29, 0.717) is 0 Å². The van der Waals surface area contributed by atoms with Gasteiger partial charge in [-0.05, 0) is 49.3 Å². The molecule has 0 saturated heterocycles. The fourth-order valence-corrected chi connectivity index (χ4v) is 2.96. The van der Waals surface area contributed by atoms with Crippen LogP contribution in [-0.4, -0.2) is 11.8 Å². The molecule has 0 radical (unpaired) electrons. The summed E-state index contributed by atoms with van der Waals surface area (Å²) in [7, 11) is 0. The van der Waals surface area contributed by atoms with Gasteiger partial charge in [-0.15, -0.1) is 11.8 Å². The van der Waals surface area contributed by atoms with E-state index in [-0.39, 0.29) is 0 Å². The van der Waals surface area contributed by atoms with Crippen LogP contribution in [0.25, 0.3) is 0 Å². The molecule has 1 nitrogen and oxygen atoms in total. The normalized spacial score (nSPS) is 20.0. The average Bonchev–Trinajstić information content (AvgIpc) is 3.17. The summed E-state index contributed by atoms with van der Waals surface area (Å²) in [5.41, 5.74) is 1.44. The second-order valence-electron chi connectivity index (χ2n) is 5.06. The highest BCUT2D eigenvalue weighted by Gasteiger charge is 2.21. The van der Waals surface area contributed by atoms with Gasteiger partial charge in [-0.2, -0.15) is 0 Å². The summed E-state index contributed by atoms with van der Waals surface area (Å²) in [5.74, 6) is 2.33. The Morgan fingerprint density at radius 2 is 2.06 bits per heavy atom. The average molecular weight is 233 g/mol. The summed E-state index contributed by atoms with van der Waals surface area (Å²) in [6.45, 7) is 1.04. The molecule has 2 heteroatoms. The zero-order valence-corrected chi connectivity index (χ0v) is 10.4. The third-order valence-electron chi connectivity index (χ3n) is 3.25. The number of hydrogen-bond donors (Lipinski definition) is 1. The minimum absolute atomic E-state index is 0.808. The lowest BCUT2D eigenvalue weighted by molar-refractivity contribution is 0.687. The van der Waals surface area contributed by atoms with Crippen molar-refractivity contribution in [3.8, 4) is 0 Å². The maximum atomic E-state index is 3.57. The molecule has 0 amide bonds. The predicted molar refractivity (Wildman–Crippen MR) is 69.8 cm³/mol. The zero-order valence-electron chi connectivity index (χ0n) is 9.61. The van der Waals surface area contributed by atoms with E-state index in [9.17, 15) is 0 Å². The molecular weight excluding hydrogens is 214 g/mol. The van der Waals surface area contributed by atoms with E-state index in [4.69, 9.17) is 0 Å². The molecule has 2 aliphatic rings. The Bertz CT molecular complexity index is 324. The summed E-state index contributed by atoms with van der Waals surface area (Å²) in [6, 6.07) is 9.83. The molecule has 2 fully saturated rings. The summed E-state index contributed by atoms with van der Waals surface area (Å²) in [4.78, 5) is 1.45. The third kappa shape index (κ3) is 3.26. The maximum absolute atomic E-state index is 3.57. The van der Waals surface area contributed by atoms with E-state index in [1.54, 1.807) is 0 Å². The SMILES string of the molecule is c1cc(CNC2CC2)cc(SCC2CC2)c1. The molecule has 1 aromatic carbocycles. The highest BCUT2D eigenvalue weighted by molar-refractivity contribution is 7.99.